The molecule has 2 amide bonds. The van der Waals surface area contributed by atoms with Gasteiger partial charge < -0.3 is 20.3 Å². The van der Waals surface area contributed by atoms with Crippen molar-refractivity contribution in [3.8, 4) is 0 Å². The largest absolute Gasteiger partial charge is 0.465 e. The number of ether oxygens (including phenoxy) is 1. The molecule has 1 atom stereocenters. The number of fused-ring (bicyclic) bond motifs is 1. The second kappa shape index (κ2) is 9.52. The first kappa shape index (κ1) is 22.4. The van der Waals surface area contributed by atoms with E-state index in [-0.39, 0.29) is 30.4 Å². The molecule has 1 aromatic heterocycles. The zero-order valence-corrected chi connectivity index (χ0v) is 18.3. The molecule has 2 rings (SSSR count). The third-order valence-electron chi connectivity index (χ3n) is 4.50. The Morgan fingerprint density at radius 3 is 2.36 bits per heavy atom. The third kappa shape index (κ3) is 6.31. The summed E-state index contributed by atoms with van der Waals surface area (Å²) in [5.41, 5.74) is 1.22. The Bertz CT molecular complexity index is 737. The summed E-state index contributed by atoms with van der Waals surface area (Å²) in [5, 5.41) is 6.34. The monoisotopic (exact) mass is 410 g/mol. The molecule has 0 spiro atoms. The van der Waals surface area contributed by atoms with E-state index >= 15 is 0 Å². The van der Waals surface area contributed by atoms with E-state index in [1.54, 1.807) is 7.05 Å². The second-order valence-electron chi connectivity index (χ2n) is 8.42. The van der Waals surface area contributed by atoms with E-state index < -0.39 is 5.97 Å². The van der Waals surface area contributed by atoms with E-state index in [2.05, 4.69) is 10.6 Å². The van der Waals surface area contributed by atoms with Gasteiger partial charge in [-0.05, 0) is 52.0 Å². The highest BCUT2D eigenvalue weighted by Gasteiger charge is 2.27. The van der Waals surface area contributed by atoms with Gasteiger partial charge in [-0.2, -0.15) is 0 Å². The first-order valence-corrected chi connectivity index (χ1v) is 10.6. The number of esters is 1. The topological polar surface area (TPSA) is 88.9 Å². The van der Waals surface area contributed by atoms with Gasteiger partial charge in [0.05, 0.1) is 19.7 Å². The van der Waals surface area contributed by atoms with Crippen LogP contribution >= 0.6 is 11.3 Å². The summed E-state index contributed by atoms with van der Waals surface area (Å²) in [7, 11) is 3.16. The minimum atomic E-state index is -0.403. The summed E-state index contributed by atoms with van der Waals surface area (Å²) in [6, 6.07) is 0. The number of aryl methyl sites for hydroxylation is 1. The number of thiophene rings is 1. The van der Waals surface area contributed by atoms with Gasteiger partial charge in [-0.3, -0.25) is 9.59 Å². The van der Waals surface area contributed by atoms with Crippen LogP contribution in [0.4, 0.5) is 5.00 Å². The van der Waals surface area contributed by atoms with Gasteiger partial charge in [-0.25, -0.2) is 4.79 Å². The van der Waals surface area contributed by atoms with Crippen LogP contribution in [-0.4, -0.2) is 50.6 Å². The average molecular weight is 411 g/mol. The van der Waals surface area contributed by atoms with Gasteiger partial charge in [0.2, 0.25) is 0 Å². The zero-order chi connectivity index (χ0) is 20.9. The Morgan fingerprint density at radius 2 is 1.71 bits per heavy atom. The van der Waals surface area contributed by atoms with Crippen LogP contribution in [0.1, 0.15) is 60.8 Å². The van der Waals surface area contributed by atoms with Crippen molar-refractivity contribution in [1.82, 2.24) is 5.32 Å². The number of anilines is 1. The lowest BCUT2D eigenvalue weighted by atomic mass is 10.1. The molecule has 0 aromatic carbocycles. The molecule has 28 heavy (non-hydrogen) atoms. The fraction of sp³-hybridized carbons (Fsp3) is 0.650. The summed E-state index contributed by atoms with van der Waals surface area (Å²) in [5.74, 6) is -0.724. The Balaban J connectivity index is 2.05. The van der Waals surface area contributed by atoms with Crippen LogP contribution in [0.5, 0.6) is 0 Å². The molecule has 1 unspecified atom stereocenters. The molecule has 7 nitrogen and oxygen atoms in total. The van der Waals surface area contributed by atoms with E-state index in [1.165, 1.54) is 23.3 Å². The van der Waals surface area contributed by atoms with Crippen LogP contribution in [-0.2, 0) is 27.2 Å². The van der Waals surface area contributed by atoms with Crippen molar-refractivity contribution in [2.75, 3.05) is 32.6 Å². The Kier molecular flexibility index (Phi) is 7.60. The zero-order valence-electron chi connectivity index (χ0n) is 17.5. The predicted octanol–water partition coefficient (Wildman–Crippen LogP) is 1.17. The van der Waals surface area contributed by atoms with Crippen LogP contribution in [0.3, 0.4) is 0 Å². The van der Waals surface area contributed by atoms with Gasteiger partial charge in [0.1, 0.15) is 5.00 Å². The third-order valence-corrected chi connectivity index (χ3v) is 5.71. The minimum Gasteiger partial charge on any atom is -0.465 e. The van der Waals surface area contributed by atoms with E-state index in [9.17, 15) is 14.4 Å². The minimum absolute atomic E-state index is 0.101. The fourth-order valence-electron chi connectivity index (χ4n) is 3.39. The van der Waals surface area contributed by atoms with Gasteiger partial charge in [-0.1, -0.05) is 6.42 Å². The average Bonchev–Trinajstić information content (AvgIpc) is 2.73. The van der Waals surface area contributed by atoms with Crippen molar-refractivity contribution in [3.63, 3.8) is 0 Å². The van der Waals surface area contributed by atoms with Gasteiger partial charge in [0, 0.05) is 10.4 Å². The molecule has 0 bridgehead atoms. The number of carbonyl (C=O) groups is 3. The van der Waals surface area contributed by atoms with Crippen LogP contribution in [0.25, 0.3) is 0 Å². The van der Waals surface area contributed by atoms with Crippen molar-refractivity contribution < 1.29 is 24.0 Å². The lowest BCUT2D eigenvalue weighted by Crippen LogP contribution is -3.11. The summed E-state index contributed by atoms with van der Waals surface area (Å²) >= 11 is 1.47. The van der Waals surface area contributed by atoms with E-state index in [1.807, 2.05) is 20.8 Å². The van der Waals surface area contributed by atoms with Gasteiger partial charge in [0.15, 0.2) is 13.1 Å². The number of rotatable bonds is 6. The van der Waals surface area contributed by atoms with E-state index in [0.29, 0.717) is 10.6 Å². The van der Waals surface area contributed by atoms with E-state index in [4.69, 9.17) is 4.74 Å². The Morgan fingerprint density at radius 1 is 1.07 bits per heavy atom. The fourth-order valence-corrected chi connectivity index (χ4v) is 4.69. The molecule has 0 fully saturated rings. The molecule has 1 aliphatic carbocycles. The van der Waals surface area contributed by atoms with Crippen LogP contribution in [0.15, 0.2) is 0 Å². The summed E-state index contributed by atoms with van der Waals surface area (Å²) in [4.78, 5) is 38.8. The summed E-state index contributed by atoms with van der Waals surface area (Å²) in [6.07, 6.45) is 5.05. The second-order valence-corrected chi connectivity index (χ2v) is 9.52. The standard InChI is InChI=1S/C20H31N3O4S/c1-20(2,3)22-16(25)12-23(4)11-15(24)21-18-17(19(26)27-5)13-9-7-6-8-10-14(13)28-18/h6-12H2,1-5H3,(H,21,24)(H,22,25)/p+1. The SMILES string of the molecule is COC(=O)c1c(NC(=O)C[NH+](C)CC(=O)NC(C)(C)C)sc2c1CCCCC2. The smallest absolute Gasteiger partial charge is 0.341 e. The maximum Gasteiger partial charge on any atom is 0.341 e. The number of quaternary nitrogens is 1. The highest BCUT2D eigenvalue weighted by Crippen LogP contribution is 2.37. The summed E-state index contributed by atoms with van der Waals surface area (Å²) in [6.45, 7) is 6.10. The number of carbonyl (C=O) groups excluding carboxylic acids is 3. The molecule has 0 saturated heterocycles. The number of hydrogen-bond acceptors (Lipinski definition) is 5. The number of hydrogen-bond donors (Lipinski definition) is 3. The first-order chi connectivity index (χ1) is 13.1. The van der Waals surface area contributed by atoms with Crippen LogP contribution in [0.2, 0.25) is 0 Å². The molecule has 8 heteroatoms. The maximum atomic E-state index is 12.5. The van der Waals surface area contributed by atoms with Gasteiger partial charge in [0.25, 0.3) is 11.8 Å². The normalized spacial score (nSPS) is 15.2. The van der Waals surface area contributed by atoms with Gasteiger partial charge in [-0.15, -0.1) is 11.3 Å². The molecule has 0 aliphatic heterocycles. The number of likely N-dealkylation sites (N-methyl/N-ethyl adjacent to an activating group) is 1. The first-order valence-electron chi connectivity index (χ1n) is 9.75. The predicted molar refractivity (Wildman–Crippen MR) is 110 cm³/mol. The van der Waals surface area contributed by atoms with Crippen molar-refractivity contribution in [3.05, 3.63) is 16.0 Å². The van der Waals surface area contributed by atoms with E-state index in [0.717, 1.165) is 42.6 Å². The molecular weight excluding hydrogens is 378 g/mol. The molecule has 3 N–H and O–H groups in total. The molecular formula is C20H32N3O4S+. The van der Waals surface area contributed by atoms with Crippen molar-refractivity contribution >= 4 is 34.1 Å². The van der Waals surface area contributed by atoms with Crippen molar-refractivity contribution in [1.29, 1.82) is 0 Å². The number of nitrogens with one attached hydrogen (secondary N) is 3. The van der Waals surface area contributed by atoms with Crippen molar-refractivity contribution in [2.45, 2.75) is 58.4 Å². The van der Waals surface area contributed by atoms with Crippen molar-refractivity contribution in [2.24, 2.45) is 0 Å². The molecule has 156 valence electrons. The van der Waals surface area contributed by atoms with Crippen LogP contribution in [0, 0.1) is 0 Å². The maximum absolute atomic E-state index is 12.5. The highest BCUT2D eigenvalue weighted by atomic mass is 32.1. The molecule has 0 radical (unpaired) electrons. The lowest BCUT2D eigenvalue weighted by molar-refractivity contribution is -0.862. The summed E-state index contributed by atoms with van der Waals surface area (Å²) < 4.78 is 4.96. The Hall–Kier alpha value is -1.93. The quantitative estimate of drug-likeness (QED) is 0.485. The Labute approximate surface area is 170 Å². The highest BCUT2D eigenvalue weighted by molar-refractivity contribution is 7.17. The molecule has 1 heterocycles. The van der Waals surface area contributed by atoms with Crippen LogP contribution < -0.4 is 15.5 Å². The molecule has 0 saturated carbocycles. The number of methoxy groups -OCH3 is 1. The lowest BCUT2D eigenvalue weighted by Gasteiger charge is -2.21. The van der Waals surface area contributed by atoms with Gasteiger partial charge >= 0.3 is 5.97 Å². The molecule has 1 aromatic rings. The number of amides is 2. The molecule has 1 aliphatic rings.